The lowest BCUT2D eigenvalue weighted by atomic mass is 10.2. The molecule has 26 heavy (non-hydrogen) atoms. The number of thiophene rings is 1. The number of ketones is 1. The van der Waals surface area contributed by atoms with E-state index in [0.717, 1.165) is 11.3 Å². The van der Waals surface area contributed by atoms with Crippen molar-refractivity contribution in [3.05, 3.63) is 57.2 Å². The molecule has 0 aliphatic heterocycles. The molecule has 1 aromatic carbocycles. The normalized spacial score (nSPS) is 10.0. The van der Waals surface area contributed by atoms with Crippen LogP contribution in [0.2, 0.25) is 4.34 Å². The number of nitrogens with one attached hydrogen (secondary N) is 2. The van der Waals surface area contributed by atoms with Crippen molar-refractivity contribution in [1.82, 2.24) is 10.9 Å². The van der Waals surface area contributed by atoms with Crippen molar-refractivity contribution < 1.29 is 23.9 Å². The summed E-state index contributed by atoms with van der Waals surface area (Å²) in [6.45, 7) is -0.563. The zero-order valence-corrected chi connectivity index (χ0v) is 15.1. The average Bonchev–Trinajstić information content (AvgIpc) is 3.09. The van der Waals surface area contributed by atoms with Crippen LogP contribution in [0.5, 0.6) is 0 Å². The number of rotatable bonds is 7. The van der Waals surface area contributed by atoms with Gasteiger partial charge in [-0.1, -0.05) is 29.8 Å². The third-order valence-electron chi connectivity index (χ3n) is 3.12. The lowest BCUT2D eigenvalue weighted by Crippen LogP contribution is -2.43. The molecule has 1 aromatic heterocycles. The quantitative estimate of drug-likeness (QED) is 0.426. The summed E-state index contributed by atoms with van der Waals surface area (Å²) >= 11 is 6.88. The Morgan fingerprint density at radius 2 is 1.69 bits per heavy atom. The highest BCUT2D eigenvalue weighted by atomic mass is 35.5. The van der Waals surface area contributed by atoms with Gasteiger partial charge in [0.15, 0.2) is 12.4 Å². The number of hydrogen-bond donors (Lipinski definition) is 2. The smallest absolute Gasteiger partial charge is 0.306 e. The summed E-state index contributed by atoms with van der Waals surface area (Å²) in [5, 5.41) is 0. The second-order valence-corrected chi connectivity index (χ2v) is 6.77. The third kappa shape index (κ3) is 6.30. The van der Waals surface area contributed by atoms with Crippen LogP contribution in [0, 0.1) is 0 Å². The number of hydrogen-bond acceptors (Lipinski definition) is 6. The summed E-state index contributed by atoms with van der Waals surface area (Å²) in [5.41, 5.74) is 4.71. The van der Waals surface area contributed by atoms with Crippen molar-refractivity contribution >= 4 is 46.5 Å². The highest BCUT2D eigenvalue weighted by Gasteiger charge is 2.14. The minimum Gasteiger partial charge on any atom is -0.455 e. The van der Waals surface area contributed by atoms with E-state index in [-0.39, 0.29) is 18.6 Å². The van der Waals surface area contributed by atoms with Gasteiger partial charge in [0.2, 0.25) is 0 Å². The first-order chi connectivity index (χ1) is 12.5. The number of esters is 1. The fourth-order valence-corrected chi connectivity index (χ4v) is 2.86. The van der Waals surface area contributed by atoms with Gasteiger partial charge in [0.05, 0.1) is 15.6 Å². The lowest BCUT2D eigenvalue weighted by molar-refractivity contribution is -0.148. The predicted octanol–water partition coefficient (Wildman–Crippen LogP) is 2.37. The zero-order valence-electron chi connectivity index (χ0n) is 13.5. The van der Waals surface area contributed by atoms with Gasteiger partial charge in [0.1, 0.15) is 0 Å². The van der Waals surface area contributed by atoms with E-state index in [1.807, 2.05) is 0 Å². The molecule has 2 N–H and O–H groups in total. The molecule has 2 amide bonds. The van der Waals surface area contributed by atoms with Crippen LogP contribution >= 0.6 is 22.9 Å². The molecule has 2 aromatic rings. The van der Waals surface area contributed by atoms with E-state index in [2.05, 4.69) is 10.9 Å². The maximum atomic E-state index is 11.8. The minimum atomic E-state index is -0.695. The molecule has 0 fully saturated rings. The molecular weight excluding hydrogens is 380 g/mol. The molecule has 0 aliphatic rings. The predicted molar refractivity (Wildman–Crippen MR) is 95.9 cm³/mol. The second-order valence-electron chi connectivity index (χ2n) is 5.06. The van der Waals surface area contributed by atoms with Gasteiger partial charge in [-0.25, -0.2) is 0 Å². The van der Waals surface area contributed by atoms with Crippen LogP contribution in [0.1, 0.15) is 32.9 Å². The molecule has 0 bridgehead atoms. The summed E-state index contributed by atoms with van der Waals surface area (Å²) in [6.07, 6.45) is -0.194. The summed E-state index contributed by atoms with van der Waals surface area (Å²) in [6, 6.07) is 11.5. The molecule has 7 nitrogen and oxygen atoms in total. The van der Waals surface area contributed by atoms with E-state index in [1.165, 1.54) is 0 Å². The van der Waals surface area contributed by atoms with Crippen molar-refractivity contribution in [1.29, 1.82) is 0 Å². The summed E-state index contributed by atoms with van der Waals surface area (Å²) in [7, 11) is 0. The van der Waals surface area contributed by atoms with Crippen molar-refractivity contribution in [3.63, 3.8) is 0 Å². The number of halogens is 1. The number of hydrazine groups is 1. The van der Waals surface area contributed by atoms with Gasteiger partial charge in [-0.15, -0.1) is 11.3 Å². The summed E-state index contributed by atoms with van der Waals surface area (Å²) < 4.78 is 5.25. The lowest BCUT2D eigenvalue weighted by Gasteiger charge is -2.08. The molecule has 0 saturated heterocycles. The Labute approximate surface area is 158 Å². The number of benzene rings is 1. The fourth-order valence-electron chi connectivity index (χ4n) is 1.85. The van der Waals surface area contributed by atoms with Crippen LogP contribution in [-0.2, 0) is 14.3 Å². The van der Waals surface area contributed by atoms with Crippen molar-refractivity contribution in [3.8, 4) is 0 Å². The first-order valence-electron chi connectivity index (χ1n) is 7.54. The van der Waals surface area contributed by atoms with E-state index in [4.69, 9.17) is 16.3 Å². The van der Waals surface area contributed by atoms with Crippen LogP contribution in [0.4, 0.5) is 0 Å². The number of carbonyl (C=O) groups excluding carboxylic acids is 4. The average molecular weight is 395 g/mol. The van der Waals surface area contributed by atoms with Crippen LogP contribution in [0.25, 0.3) is 0 Å². The van der Waals surface area contributed by atoms with Gasteiger partial charge < -0.3 is 4.74 Å². The number of ether oxygens (including phenoxy) is 1. The maximum absolute atomic E-state index is 11.8. The van der Waals surface area contributed by atoms with Gasteiger partial charge in [-0.2, -0.15) is 0 Å². The molecular formula is C17H15ClN2O5S. The minimum absolute atomic E-state index is 0.0396. The van der Waals surface area contributed by atoms with Gasteiger partial charge in [0, 0.05) is 12.0 Å². The number of Topliss-reactive ketones (excluding diaryl/α,β-unsaturated/α-hetero) is 1. The standard InChI is InChI=1S/C17H15ClN2O5S/c18-14-8-7-13(26-14)12(21)6-9-16(23)25-10-15(22)19-20-17(24)11-4-2-1-3-5-11/h1-5,7-8H,6,9-10H2,(H,19,22)(H,20,24). The van der Waals surface area contributed by atoms with Crippen molar-refractivity contribution in [2.45, 2.75) is 12.8 Å². The number of amides is 2. The molecule has 1 heterocycles. The molecule has 136 valence electrons. The van der Waals surface area contributed by atoms with Gasteiger partial charge in [0.25, 0.3) is 11.8 Å². The largest absolute Gasteiger partial charge is 0.455 e. The first-order valence-corrected chi connectivity index (χ1v) is 8.73. The number of carbonyl (C=O) groups is 4. The Bertz CT molecular complexity index is 806. The molecule has 9 heteroatoms. The Morgan fingerprint density at radius 1 is 0.962 bits per heavy atom. The molecule has 0 unspecified atom stereocenters. The first kappa shape index (κ1) is 19.6. The molecule has 2 rings (SSSR count). The Morgan fingerprint density at radius 3 is 2.35 bits per heavy atom. The fraction of sp³-hybridized carbons (Fsp3) is 0.176. The highest BCUT2D eigenvalue weighted by molar-refractivity contribution is 7.18. The van der Waals surface area contributed by atoms with Gasteiger partial charge in [-0.05, 0) is 24.3 Å². The Kier molecular flexibility index (Phi) is 7.31. The van der Waals surface area contributed by atoms with E-state index in [1.54, 1.807) is 42.5 Å². The van der Waals surface area contributed by atoms with Crippen LogP contribution in [0.3, 0.4) is 0 Å². The maximum Gasteiger partial charge on any atom is 0.306 e. The topological polar surface area (TPSA) is 102 Å². The molecule has 0 radical (unpaired) electrons. The summed E-state index contributed by atoms with van der Waals surface area (Å²) in [5.74, 6) is -2.10. The summed E-state index contributed by atoms with van der Waals surface area (Å²) in [4.78, 5) is 47.2. The van der Waals surface area contributed by atoms with Gasteiger partial charge in [-0.3, -0.25) is 30.0 Å². The monoisotopic (exact) mass is 394 g/mol. The second kappa shape index (κ2) is 9.69. The Hall–Kier alpha value is -2.71. The molecule has 0 aliphatic carbocycles. The molecule has 0 spiro atoms. The van der Waals surface area contributed by atoms with Crippen LogP contribution < -0.4 is 10.9 Å². The third-order valence-corrected chi connectivity index (χ3v) is 4.39. The zero-order chi connectivity index (χ0) is 18.9. The van der Waals surface area contributed by atoms with Crippen molar-refractivity contribution in [2.75, 3.05) is 6.61 Å². The molecule has 0 saturated carbocycles. The van der Waals surface area contributed by atoms with Crippen molar-refractivity contribution in [2.24, 2.45) is 0 Å². The van der Waals surface area contributed by atoms with Crippen LogP contribution in [-0.4, -0.2) is 30.2 Å². The molecule has 0 atom stereocenters. The SMILES string of the molecule is O=C(COC(=O)CCC(=O)c1ccc(Cl)s1)NNC(=O)c1ccccc1. The van der Waals surface area contributed by atoms with Gasteiger partial charge >= 0.3 is 5.97 Å². The Balaban J connectivity index is 1.64. The van der Waals surface area contributed by atoms with E-state index >= 15 is 0 Å². The highest BCUT2D eigenvalue weighted by Crippen LogP contribution is 2.22. The van der Waals surface area contributed by atoms with E-state index < -0.39 is 24.4 Å². The van der Waals surface area contributed by atoms with E-state index in [9.17, 15) is 19.2 Å². The van der Waals surface area contributed by atoms with Crippen LogP contribution in [0.15, 0.2) is 42.5 Å². The van der Waals surface area contributed by atoms with E-state index in [0.29, 0.717) is 14.8 Å².